The van der Waals surface area contributed by atoms with Crippen molar-refractivity contribution in [3.8, 4) is 5.75 Å². The van der Waals surface area contributed by atoms with E-state index in [1.54, 1.807) is 7.11 Å². The van der Waals surface area contributed by atoms with Crippen LogP contribution in [-0.4, -0.2) is 31.1 Å². The third-order valence-electron chi connectivity index (χ3n) is 3.69. The van der Waals surface area contributed by atoms with Crippen molar-refractivity contribution in [1.29, 1.82) is 0 Å². The zero-order valence-corrected chi connectivity index (χ0v) is 10.7. The van der Waals surface area contributed by atoms with E-state index in [0.717, 1.165) is 25.4 Å². The van der Waals surface area contributed by atoms with Crippen LogP contribution in [0.2, 0.25) is 0 Å². The number of hydrogen-bond donors (Lipinski definition) is 1. The van der Waals surface area contributed by atoms with Gasteiger partial charge in [0.2, 0.25) is 0 Å². The molecule has 2 N–H and O–H groups in total. The monoisotopic (exact) mass is 234 g/mol. The Bertz CT molecular complexity index is 367. The van der Waals surface area contributed by atoms with E-state index in [9.17, 15) is 0 Å². The van der Waals surface area contributed by atoms with Gasteiger partial charge in [0.15, 0.2) is 0 Å². The van der Waals surface area contributed by atoms with Gasteiger partial charge in [-0.2, -0.15) is 0 Å². The first-order chi connectivity index (χ1) is 8.20. The highest BCUT2D eigenvalue weighted by atomic mass is 16.5. The summed E-state index contributed by atoms with van der Waals surface area (Å²) in [6.45, 7) is 5.29. The molecule has 2 rings (SSSR count). The van der Waals surface area contributed by atoms with Gasteiger partial charge in [-0.05, 0) is 24.9 Å². The number of ether oxygens (including phenoxy) is 1. The van der Waals surface area contributed by atoms with Crippen molar-refractivity contribution in [2.75, 3.05) is 20.2 Å². The van der Waals surface area contributed by atoms with Crippen LogP contribution in [0.5, 0.6) is 5.75 Å². The molecule has 3 nitrogen and oxygen atoms in total. The van der Waals surface area contributed by atoms with E-state index in [1.165, 1.54) is 12.0 Å². The van der Waals surface area contributed by atoms with Gasteiger partial charge in [-0.1, -0.05) is 25.1 Å². The van der Waals surface area contributed by atoms with Gasteiger partial charge in [0.1, 0.15) is 5.75 Å². The van der Waals surface area contributed by atoms with Crippen LogP contribution < -0.4 is 10.5 Å². The van der Waals surface area contributed by atoms with E-state index in [-0.39, 0.29) is 0 Å². The van der Waals surface area contributed by atoms with Crippen molar-refractivity contribution >= 4 is 0 Å². The molecule has 2 atom stereocenters. The number of rotatable bonds is 3. The normalized spacial score (nSPS) is 25.8. The topological polar surface area (TPSA) is 38.5 Å². The highest BCUT2D eigenvalue weighted by Crippen LogP contribution is 2.22. The molecule has 1 aliphatic heterocycles. The molecule has 1 heterocycles. The van der Waals surface area contributed by atoms with Crippen molar-refractivity contribution in [1.82, 2.24) is 4.90 Å². The van der Waals surface area contributed by atoms with Crippen molar-refractivity contribution in [3.05, 3.63) is 29.8 Å². The van der Waals surface area contributed by atoms with E-state index >= 15 is 0 Å². The Morgan fingerprint density at radius 2 is 2.18 bits per heavy atom. The van der Waals surface area contributed by atoms with Gasteiger partial charge in [0.25, 0.3) is 0 Å². The van der Waals surface area contributed by atoms with Gasteiger partial charge >= 0.3 is 0 Å². The van der Waals surface area contributed by atoms with Crippen molar-refractivity contribution in [2.45, 2.75) is 25.9 Å². The molecule has 0 saturated carbocycles. The molecule has 1 aromatic carbocycles. The van der Waals surface area contributed by atoms with Crippen LogP contribution in [0.4, 0.5) is 0 Å². The minimum Gasteiger partial charge on any atom is -0.496 e. The summed E-state index contributed by atoms with van der Waals surface area (Å²) in [6.07, 6.45) is 1.19. The summed E-state index contributed by atoms with van der Waals surface area (Å²) in [6, 6.07) is 8.51. The molecule has 2 unspecified atom stereocenters. The molecule has 3 heteroatoms. The Balaban J connectivity index is 2.01. The maximum absolute atomic E-state index is 6.12. The van der Waals surface area contributed by atoms with Crippen LogP contribution in [0, 0.1) is 5.92 Å². The fourth-order valence-corrected chi connectivity index (χ4v) is 2.39. The summed E-state index contributed by atoms with van der Waals surface area (Å²) >= 11 is 0. The minimum absolute atomic E-state index is 0.304. The third-order valence-corrected chi connectivity index (χ3v) is 3.69. The Morgan fingerprint density at radius 1 is 1.41 bits per heavy atom. The number of piperidine rings is 1. The lowest BCUT2D eigenvalue weighted by atomic mass is 9.94. The van der Waals surface area contributed by atoms with Gasteiger partial charge in [0, 0.05) is 24.7 Å². The summed E-state index contributed by atoms with van der Waals surface area (Å²) in [4.78, 5) is 2.42. The van der Waals surface area contributed by atoms with Gasteiger partial charge in [-0.15, -0.1) is 0 Å². The largest absolute Gasteiger partial charge is 0.496 e. The summed E-state index contributed by atoms with van der Waals surface area (Å²) in [5.74, 6) is 1.61. The molecule has 0 amide bonds. The third kappa shape index (κ3) is 2.99. The summed E-state index contributed by atoms with van der Waals surface area (Å²) < 4.78 is 5.38. The molecule has 94 valence electrons. The Labute approximate surface area is 104 Å². The summed E-state index contributed by atoms with van der Waals surface area (Å²) in [5.41, 5.74) is 7.37. The standard InChI is InChI=1S/C14H22N2O/c1-11-7-8-16(10-13(11)15)9-12-5-3-4-6-14(12)17-2/h3-6,11,13H,7-10,15H2,1-2H3. The Kier molecular flexibility index (Phi) is 4.02. The van der Waals surface area contributed by atoms with Crippen LogP contribution in [0.3, 0.4) is 0 Å². The summed E-state index contributed by atoms with van der Waals surface area (Å²) in [5, 5.41) is 0. The quantitative estimate of drug-likeness (QED) is 0.867. The SMILES string of the molecule is COc1ccccc1CN1CCC(C)C(N)C1. The fourth-order valence-electron chi connectivity index (χ4n) is 2.39. The highest BCUT2D eigenvalue weighted by Gasteiger charge is 2.23. The van der Waals surface area contributed by atoms with Crippen LogP contribution in [0.25, 0.3) is 0 Å². The molecule has 0 bridgehead atoms. The average Bonchev–Trinajstić information content (AvgIpc) is 2.34. The lowest BCUT2D eigenvalue weighted by Gasteiger charge is -2.35. The van der Waals surface area contributed by atoms with Crippen LogP contribution >= 0.6 is 0 Å². The van der Waals surface area contributed by atoms with E-state index in [1.807, 2.05) is 12.1 Å². The molecular formula is C14H22N2O. The molecule has 0 radical (unpaired) electrons. The molecule has 1 fully saturated rings. The number of nitrogens with zero attached hydrogens (tertiary/aromatic N) is 1. The van der Waals surface area contributed by atoms with Crippen molar-refractivity contribution in [2.24, 2.45) is 11.7 Å². The maximum atomic E-state index is 6.12. The van der Waals surface area contributed by atoms with E-state index in [4.69, 9.17) is 10.5 Å². The number of likely N-dealkylation sites (tertiary alicyclic amines) is 1. The number of nitrogens with two attached hydrogens (primary N) is 1. The molecule has 1 aromatic rings. The number of hydrogen-bond acceptors (Lipinski definition) is 3. The first kappa shape index (κ1) is 12.4. The second-order valence-electron chi connectivity index (χ2n) is 4.98. The molecule has 17 heavy (non-hydrogen) atoms. The second-order valence-corrected chi connectivity index (χ2v) is 4.98. The van der Waals surface area contributed by atoms with Gasteiger partial charge < -0.3 is 10.5 Å². The zero-order valence-electron chi connectivity index (χ0n) is 10.7. The predicted octanol–water partition coefficient (Wildman–Crippen LogP) is 1.86. The van der Waals surface area contributed by atoms with Crippen LogP contribution in [-0.2, 0) is 6.54 Å². The number of methoxy groups -OCH3 is 1. The molecule has 0 aliphatic carbocycles. The average molecular weight is 234 g/mol. The number of para-hydroxylation sites is 1. The van der Waals surface area contributed by atoms with Gasteiger partial charge in [0.05, 0.1) is 7.11 Å². The van der Waals surface area contributed by atoms with E-state index < -0.39 is 0 Å². The van der Waals surface area contributed by atoms with E-state index in [2.05, 4.69) is 24.0 Å². The molecule has 1 aliphatic rings. The highest BCUT2D eigenvalue weighted by molar-refractivity contribution is 5.33. The molecule has 1 saturated heterocycles. The van der Waals surface area contributed by atoms with Crippen molar-refractivity contribution < 1.29 is 4.74 Å². The Morgan fingerprint density at radius 3 is 2.88 bits per heavy atom. The van der Waals surface area contributed by atoms with Crippen LogP contribution in [0.15, 0.2) is 24.3 Å². The first-order valence-electron chi connectivity index (χ1n) is 6.30. The Hall–Kier alpha value is -1.06. The first-order valence-corrected chi connectivity index (χ1v) is 6.30. The van der Waals surface area contributed by atoms with Gasteiger partial charge in [-0.25, -0.2) is 0 Å². The molecule has 0 aromatic heterocycles. The lowest BCUT2D eigenvalue weighted by molar-refractivity contribution is 0.161. The fraction of sp³-hybridized carbons (Fsp3) is 0.571. The second kappa shape index (κ2) is 5.52. The lowest BCUT2D eigenvalue weighted by Crippen LogP contribution is -2.47. The van der Waals surface area contributed by atoms with E-state index in [0.29, 0.717) is 12.0 Å². The number of benzene rings is 1. The van der Waals surface area contributed by atoms with Crippen LogP contribution in [0.1, 0.15) is 18.9 Å². The maximum Gasteiger partial charge on any atom is 0.123 e. The molecule has 0 spiro atoms. The smallest absolute Gasteiger partial charge is 0.123 e. The van der Waals surface area contributed by atoms with Crippen molar-refractivity contribution in [3.63, 3.8) is 0 Å². The predicted molar refractivity (Wildman–Crippen MR) is 70.0 cm³/mol. The van der Waals surface area contributed by atoms with Gasteiger partial charge in [-0.3, -0.25) is 4.90 Å². The molecular weight excluding hydrogens is 212 g/mol. The zero-order chi connectivity index (χ0) is 12.3. The summed E-state index contributed by atoms with van der Waals surface area (Å²) in [7, 11) is 1.73. The minimum atomic E-state index is 0.304.